The van der Waals surface area contributed by atoms with Crippen molar-refractivity contribution in [2.75, 3.05) is 5.75 Å². The number of furan rings is 1. The van der Waals surface area contributed by atoms with Gasteiger partial charge in [0.2, 0.25) is 0 Å². The van der Waals surface area contributed by atoms with Crippen LogP contribution in [0, 0.1) is 13.8 Å². The molecule has 0 spiro atoms. The maximum Gasteiger partial charge on any atom is 0.263 e. The van der Waals surface area contributed by atoms with Gasteiger partial charge in [-0.25, -0.2) is 10.4 Å². The first-order valence-corrected chi connectivity index (χ1v) is 10.2. The third-order valence-electron chi connectivity index (χ3n) is 4.52. The summed E-state index contributed by atoms with van der Waals surface area (Å²) in [5.41, 5.74) is 6.82. The molecule has 3 aromatic rings. The number of nitrogens with zero attached hydrogens (tertiary/aromatic N) is 2. The predicted molar refractivity (Wildman–Crippen MR) is 103 cm³/mol. The predicted octanol–water partition coefficient (Wildman–Crippen LogP) is 1.99. The largest absolute Gasteiger partial charge is 0.467 e. The van der Waals surface area contributed by atoms with E-state index in [0.29, 0.717) is 29.3 Å². The summed E-state index contributed by atoms with van der Waals surface area (Å²) in [6, 6.07) is 3.79. The maximum absolute atomic E-state index is 13.2. The number of aliphatic hydroxyl groups excluding tert-OH is 1. The van der Waals surface area contributed by atoms with E-state index in [-0.39, 0.29) is 11.6 Å². The van der Waals surface area contributed by atoms with Crippen LogP contribution in [0.4, 0.5) is 0 Å². The van der Waals surface area contributed by atoms with Gasteiger partial charge in [-0.2, -0.15) is 0 Å². The Hall–Kier alpha value is -1.65. The molecule has 9 heteroatoms. The molecule has 2 unspecified atom stereocenters. The van der Waals surface area contributed by atoms with Crippen molar-refractivity contribution in [2.24, 2.45) is 0 Å². The molecule has 7 nitrogen and oxygen atoms in total. The smallest absolute Gasteiger partial charge is 0.263 e. The summed E-state index contributed by atoms with van der Waals surface area (Å²) in [5.74, 6) is 1.42. The lowest BCUT2D eigenvalue weighted by Crippen LogP contribution is -2.34. The van der Waals surface area contributed by atoms with Gasteiger partial charge in [-0.05, 0) is 31.5 Å². The Bertz CT molecular complexity index is 980. The minimum Gasteiger partial charge on any atom is -0.467 e. The van der Waals surface area contributed by atoms with E-state index in [9.17, 15) is 9.90 Å². The molecule has 138 valence electrons. The summed E-state index contributed by atoms with van der Waals surface area (Å²) in [7, 11) is 0. The van der Waals surface area contributed by atoms with Crippen molar-refractivity contribution in [1.29, 1.82) is 0 Å². The molecule has 1 aliphatic rings. The van der Waals surface area contributed by atoms with Crippen molar-refractivity contribution in [3.63, 3.8) is 0 Å². The van der Waals surface area contributed by atoms with E-state index in [2.05, 4.69) is 10.9 Å². The molecule has 0 aromatic carbocycles. The standard InChI is InChI=1S/C17H20N4O3S2/c1-9-10(2)26-15-14(9)16(23)21(7-12-4-3-5-24-12)17(18-15)25-8-11-6-13(22)20-19-11/h3-5,11,13,19-20,22H,6-8H2,1-2H3. The Kier molecular flexibility index (Phi) is 4.89. The highest BCUT2D eigenvalue weighted by molar-refractivity contribution is 7.99. The monoisotopic (exact) mass is 392 g/mol. The van der Waals surface area contributed by atoms with E-state index < -0.39 is 6.23 Å². The van der Waals surface area contributed by atoms with E-state index in [1.807, 2.05) is 26.0 Å². The normalized spacial score (nSPS) is 20.3. The summed E-state index contributed by atoms with van der Waals surface area (Å²) in [5, 5.41) is 10.9. The fraction of sp³-hybridized carbons (Fsp3) is 0.412. The maximum atomic E-state index is 13.2. The summed E-state index contributed by atoms with van der Waals surface area (Å²) in [6.45, 7) is 4.33. The molecule has 1 aliphatic heterocycles. The van der Waals surface area contributed by atoms with Crippen LogP contribution in [0.5, 0.6) is 0 Å². The summed E-state index contributed by atoms with van der Waals surface area (Å²) in [4.78, 5) is 19.8. The second-order valence-electron chi connectivity index (χ2n) is 6.38. The molecule has 3 aromatic heterocycles. The summed E-state index contributed by atoms with van der Waals surface area (Å²) < 4.78 is 7.12. The number of aryl methyl sites for hydroxylation is 2. The van der Waals surface area contributed by atoms with Crippen LogP contribution in [0.25, 0.3) is 10.2 Å². The van der Waals surface area contributed by atoms with E-state index >= 15 is 0 Å². The fourth-order valence-corrected chi connectivity index (χ4v) is 5.11. The lowest BCUT2D eigenvalue weighted by atomic mass is 10.2. The van der Waals surface area contributed by atoms with Gasteiger partial charge >= 0.3 is 0 Å². The van der Waals surface area contributed by atoms with Crippen LogP contribution in [0.2, 0.25) is 0 Å². The minimum absolute atomic E-state index is 0.0340. The van der Waals surface area contributed by atoms with Crippen LogP contribution < -0.4 is 16.4 Å². The summed E-state index contributed by atoms with van der Waals surface area (Å²) in [6.07, 6.45) is 1.69. The molecule has 0 radical (unpaired) electrons. The molecule has 3 N–H and O–H groups in total. The van der Waals surface area contributed by atoms with Gasteiger partial charge in [0, 0.05) is 23.1 Å². The zero-order chi connectivity index (χ0) is 18.3. The third-order valence-corrected chi connectivity index (χ3v) is 6.76. The number of hydrazine groups is 1. The number of thiophene rings is 1. The van der Waals surface area contributed by atoms with Gasteiger partial charge in [0.05, 0.1) is 18.2 Å². The number of nitrogens with one attached hydrogen (secondary N) is 2. The minimum atomic E-state index is -0.538. The van der Waals surface area contributed by atoms with Gasteiger partial charge in [0.25, 0.3) is 5.56 Å². The van der Waals surface area contributed by atoms with Crippen LogP contribution in [0.3, 0.4) is 0 Å². The van der Waals surface area contributed by atoms with E-state index in [0.717, 1.165) is 21.0 Å². The fourth-order valence-electron chi connectivity index (χ4n) is 3.00. The number of thioether (sulfide) groups is 1. The van der Waals surface area contributed by atoms with Crippen LogP contribution in [0.15, 0.2) is 32.8 Å². The number of fused-ring (bicyclic) bond motifs is 1. The van der Waals surface area contributed by atoms with Gasteiger partial charge < -0.3 is 9.52 Å². The molecule has 2 atom stereocenters. The van der Waals surface area contributed by atoms with E-state index in [1.54, 1.807) is 22.2 Å². The summed E-state index contributed by atoms with van der Waals surface area (Å²) >= 11 is 3.07. The highest BCUT2D eigenvalue weighted by Gasteiger charge is 2.23. The van der Waals surface area contributed by atoms with Gasteiger partial charge in [0.1, 0.15) is 16.8 Å². The molecule has 1 fully saturated rings. The van der Waals surface area contributed by atoms with Crippen LogP contribution in [-0.4, -0.2) is 32.7 Å². The molecular formula is C17H20N4O3S2. The molecule has 0 aliphatic carbocycles. The Morgan fingerprint density at radius 1 is 1.46 bits per heavy atom. The number of hydrogen-bond donors (Lipinski definition) is 3. The van der Waals surface area contributed by atoms with Gasteiger partial charge in [-0.3, -0.25) is 14.8 Å². The highest BCUT2D eigenvalue weighted by atomic mass is 32.2. The zero-order valence-electron chi connectivity index (χ0n) is 14.5. The first-order chi connectivity index (χ1) is 12.5. The molecular weight excluding hydrogens is 372 g/mol. The van der Waals surface area contributed by atoms with Gasteiger partial charge in [-0.15, -0.1) is 11.3 Å². The Morgan fingerprint density at radius 3 is 3.00 bits per heavy atom. The van der Waals surface area contributed by atoms with Crippen molar-refractivity contribution >= 4 is 33.3 Å². The molecule has 4 heterocycles. The molecule has 4 rings (SSSR count). The van der Waals surface area contributed by atoms with Crippen molar-refractivity contribution in [2.45, 2.75) is 44.2 Å². The van der Waals surface area contributed by atoms with Crippen molar-refractivity contribution in [1.82, 2.24) is 20.4 Å². The highest BCUT2D eigenvalue weighted by Crippen LogP contribution is 2.29. The Labute approximate surface area is 158 Å². The SMILES string of the molecule is Cc1sc2nc(SCC3CC(O)NN3)n(Cc3ccco3)c(=O)c2c1C. The zero-order valence-corrected chi connectivity index (χ0v) is 16.1. The van der Waals surface area contributed by atoms with Crippen LogP contribution in [-0.2, 0) is 6.54 Å². The number of hydrogen-bond acceptors (Lipinski definition) is 8. The van der Waals surface area contributed by atoms with Crippen molar-refractivity contribution < 1.29 is 9.52 Å². The van der Waals surface area contributed by atoms with Crippen LogP contribution >= 0.6 is 23.1 Å². The first kappa shape index (κ1) is 17.7. The van der Waals surface area contributed by atoms with Gasteiger partial charge in [0.15, 0.2) is 5.16 Å². The quantitative estimate of drug-likeness (QED) is 0.452. The lowest BCUT2D eigenvalue weighted by molar-refractivity contribution is 0.153. The molecule has 0 saturated carbocycles. The first-order valence-electron chi connectivity index (χ1n) is 8.37. The second-order valence-corrected chi connectivity index (χ2v) is 8.57. The number of rotatable bonds is 5. The third kappa shape index (κ3) is 3.33. The van der Waals surface area contributed by atoms with Crippen molar-refractivity contribution in [3.8, 4) is 0 Å². The van der Waals surface area contributed by atoms with Crippen molar-refractivity contribution in [3.05, 3.63) is 45.0 Å². The number of aliphatic hydroxyl groups is 1. The molecule has 26 heavy (non-hydrogen) atoms. The number of aromatic nitrogens is 2. The van der Waals surface area contributed by atoms with E-state index in [4.69, 9.17) is 9.40 Å². The lowest BCUT2D eigenvalue weighted by Gasteiger charge is -2.13. The van der Waals surface area contributed by atoms with Crippen LogP contribution in [0.1, 0.15) is 22.6 Å². The topological polar surface area (TPSA) is 92.3 Å². The molecule has 0 amide bonds. The Balaban J connectivity index is 1.72. The van der Waals surface area contributed by atoms with E-state index in [1.165, 1.54) is 11.8 Å². The average Bonchev–Trinajstić information content (AvgIpc) is 3.32. The second kappa shape index (κ2) is 7.16. The average molecular weight is 393 g/mol. The molecule has 1 saturated heterocycles. The molecule has 0 bridgehead atoms. The van der Waals surface area contributed by atoms with Gasteiger partial charge in [-0.1, -0.05) is 11.8 Å². The Morgan fingerprint density at radius 2 is 2.31 bits per heavy atom.